The van der Waals surface area contributed by atoms with E-state index in [4.69, 9.17) is 0 Å². The Balaban J connectivity index is 1.36. The molecule has 5 heteroatoms. The Hall–Kier alpha value is -1.85. The van der Waals surface area contributed by atoms with Gasteiger partial charge in [0.2, 0.25) is 5.91 Å². The number of fused-ring (bicyclic) bond motifs is 1. The Morgan fingerprint density at radius 3 is 2.29 bits per heavy atom. The number of carbonyl (C=O) groups excluding carboxylic acids is 1. The van der Waals surface area contributed by atoms with Crippen LogP contribution in [-0.2, 0) is 17.9 Å². The summed E-state index contributed by atoms with van der Waals surface area (Å²) in [5, 5.41) is 4.54. The molecule has 5 nitrogen and oxygen atoms in total. The lowest BCUT2D eigenvalue weighted by atomic mass is 9.79. The number of piperidine rings is 1. The zero-order valence-electron chi connectivity index (χ0n) is 22.3. The summed E-state index contributed by atoms with van der Waals surface area (Å²) in [5.74, 6) is 1.82. The molecule has 1 aromatic heterocycles. The van der Waals surface area contributed by atoms with Crippen LogP contribution in [0.5, 0.6) is 0 Å². The molecule has 0 spiro atoms. The number of likely N-dealkylation sites (tertiary alicyclic amines) is 2. The minimum Gasteiger partial charge on any atom is -0.351 e. The molecule has 2 aliphatic heterocycles. The van der Waals surface area contributed by atoms with Crippen molar-refractivity contribution in [2.24, 2.45) is 11.8 Å². The highest BCUT2D eigenvalue weighted by atomic mass is 16.1. The lowest BCUT2D eigenvalue weighted by Gasteiger charge is -2.42. The van der Waals surface area contributed by atoms with Gasteiger partial charge in [0.05, 0.1) is 6.54 Å². The minimum absolute atomic E-state index is 0.0562. The fourth-order valence-corrected chi connectivity index (χ4v) is 7.19. The average molecular weight is 479 g/mol. The van der Waals surface area contributed by atoms with E-state index in [9.17, 15) is 4.79 Å². The van der Waals surface area contributed by atoms with E-state index < -0.39 is 0 Å². The maximum Gasteiger partial charge on any atom is 0.217 e. The van der Waals surface area contributed by atoms with E-state index in [1.165, 1.54) is 99.7 Å². The molecule has 5 rings (SSSR count). The number of nitrogens with zero attached hydrogens (tertiary/aromatic N) is 3. The first-order valence-electron chi connectivity index (χ1n) is 14.3. The van der Waals surface area contributed by atoms with Crippen molar-refractivity contribution < 1.29 is 4.79 Å². The second kappa shape index (κ2) is 11.0. The lowest BCUT2D eigenvalue weighted by molar-refractivity contribution is -0.119. The Morgan fingerprint density at radius 2 is 1.63 bits per heavy atom. The van der Waals surface area contributed by atoms with Crippen LogP contribution < -0.4 is 5.32 Å². The van der Waals surface area contributed by atoms with Gasteiger partial charge in [0.15, 0.2) is 0 Å². The SMILES string of the molecule is CC(=O)NCc1c(CN2CCCC2)c2ccccc2n1C1CCN([C@H]2CC[C@@H](C(C)C)CC2)CC1. The summed E-state index contributed by atoms with van der Waals surface area (Å²) in [6.07, 6.45) is 10.6. The molecule has 0 radical (unpaired) electrons. The van der Waals surface area contributed by atoms with Crippen molar-refractivity contribution in [2.75, 3.05) is 26.2 Å². The normalized spacial score (nSPS) is 25.0. The Kier molecular flexibility index (Phi) is 7.83. The van der Waals surface area contributed by atoms with Gasteiger partial charge in [0.25, 0.3) is 0 Å². The third-order valence-corrected chi connectivity index (χ3v) is 9.28. The van der Waals surface area contributed by atoms with E-state index in [1.54, 1.807) is 6.92 Å². The number of amides is 1. The summed E-state index contributed by atoms with van der Waals surface area (Å²) in [5.41, 5.74) is 4.13. The Bertz CT molecular complexity index is 989. The third-order valence-electron chi connectivity index (χ3n) is 9.28. The van der Waals surface area contributed by atoms with Gasteiger partial charge in [-0.2, -0.15) is 0 Å². The first kappa shape index (κ1) is 24.8. The highest BCUT2D eigenvalue weighted by Crippen LogP contribution is 2.38. The highest BCUT2D eigenvalue weighted by molar-refractivity contribution is 5.86. The molecular weight excluding hydrogens is 432 g/mol. The number of benzene rings is 1. The summed E-state index contributed by atoms with van der Waals surface area (Å²) in [6.45, 7) is 12.9. The number of carbonyl (C=O) groups is 1. The van der Waals surface area contributed by atoms with Crippen LogP contribution in [0.15, 0.2) is 24.3 Å². The third kappa shape index (κ3) is 5.46. The fraction of sp³-hybridized carbons (Fsp3) is 0.700. The van der Waals surface area contributed by atoms with E-state index in [0.29, 0.717) is 12.6 Å². The number of hydrogen-bond donors (Lipinski definition) is 1. The molecule has 3 heterocycles. The predicted molar refractivity (Wildman–Crippen MR) is 144 cm³/mol. The standard InChI is InChI=1S/C30H46N4O/c1-22(2)24-10-12-25(13-11-24)33-18-14-26(15-19-33)34-29-9-5-4-8-27(29)28(21-32-16-6-7-17-32)30(34)20-31-23(3)35/h4-5,8-9,22,24-26H,6-7,10-21H2,1-3H3,(H,31,35)/t24-,25+. The molecule has 2 saturated heterocycles. The summed E-state index contributed by atoms with van der Waals surface area (Å²) >= 11 is 0. The van der Waals surface area contributed by atoms with Gasteiger partial charge in [-0.1, -0.05) is 32.0 Å². The smallest absolute Gasteiger partial charge is 0.217 e. The van der Waals surface area contributed by atoms with Crippen LogP contribution in [0.3, 0.4) is 0 Å². The fourth-order valence-electron chi connectivity index (χ4n) is 7.19. The van der Waals surface area contributed by atoms with E-state index in [2.05, 4.69) is 57.8 Å². The summed E-state index contributed by atoms with van der Waals surface area (Å²) in [6, 6.07) is 10.3. The van der Waals surface area contributed by atoms with E-state index in [0.717, 1.165) is 24.4 Å². The lowest BCUT2D eigenvalue weighted by Crippen LogP contribution is -2.44. The number of rotatable bonds is 7. The minimum atomic E-state index is 0.0562. The van der Waals surface area contributed by atoms with Crippen LogP contribution in [0.1, 0.15) is 89.4 Å². The second-order valence-electron chi connectivity index (χ2n) is 11.8. The van der Waals surface area contributed by atoms with Crippen LogP contribution in [0, 0.1) is 11.8 Å². The zero-order valence-corrected chi connectivity index (χ0v) is 22.3. The second-order valence-corrected chi connectivity index (χ2v) is 11.8. The number of nitrogens with one attached hydrogen (secondary N) is 1. The van der Waals surface area contributed by atoms with Gasteiger partial charge in [0.1, 0.15) is 0 Å². The maximum atomic E-state index is 11.9. The van der Waals surface area contributed by atoms with E-state index in [-0.39, 0.29) is 5.91 Å². The van der Waals surface area contributed by atoms with E-state index in [1.807, 2.05) is 0 Å². The number of para-hydroxylation sites is 1. The molecule has 1 saturated carbocycles. The van der Waals surface area contributed by atoms with Crippen LogP contribution in [0.4, 0.5) is 0 Å². The van der Waals surface area contributed by atoms with Crippen molar-refractivity contribution in [3.05, 3.63) is 35.5 Å². The molecule has 1 aliphatic carbocycles. The van der Waals surface area contributed by atoms with Crippen molar-refractivity contribution in [3.8, 4) is 0 Å². The summed E-state index contributed by atoms with van der Waals surface area (Å²) in [4.78, 5) is 17.3. The summed E-state index contributed by atoms with van der Waals surface area (Å²) < 4.78 is 2.63. The van der Waals surface area contributed by atoms with Gasteiger partial charge in [0, 0.05) is 55.2 Å². The quantitative estimate of drug-likeness (QED) is 0.553. The molecule has 1 N–H and O–H groups in total. The molecule has 1 aromatic carbocycles. The highest BCUT2D eigenvalue weighted by Gasteiger charge is 2.32. The van der Waals surface area contributed by atoms with Crippen molar-refractivity contribution in [2.45, 2.75) is 97.3 Å². The first-order chi connectivity index (χ1) is 17.0. The van der Waals surface area contributed by atoms with Gasteiger partial charge in [-0.05, 0) is 87.9 Å². The molecule has 35 heavy (non-hydrogen) atoms. The van der Waals surface area contributed by atoms with Crippen LogP contribution in [0.2, 0.25) is 0 Å². The molecular formula is C30H46N4O. The Labute approximate surface area is 212 Å². The summed E-state index contributed by atoms with van der Waals surface area (Å²) in [7, 11) is 0. The first-order valence-corrected chi connectivity index (χ1v) is 14.3. The molecule has 3 fully saturated rings. The van der Waals surface area contributed by atoms with Crippen LogP contribution in [-0.4, -0.2) is 52.5 Å². The molecule has 2 aromatic rings. The van der Waals surface area contributed by atoms with Crippen LogP contribution >= 0.6 is 0 Å². The van der Waals surface area contributed by atoms with Crippen molar-refractivity contribution >= 4 is 16.8 Å². The molecule has 1 amide bonds. The van der Waals surface area contributed by atoms with Crippen molar-refractivity contribution in [1.29, 1.82) is 0 Å². The molecule has 3 aliphatic rings. The van der Waals surface area contributed by atoms with Crippen molar-refractivity contribution in [3.63, 3.8) is 0 Å². The molecule has 0 unspecified atom stereocenters. The molecule has 192 valence electrons. The predicted octanol–water partition coefficient (Wildman–Crippen LogP) is 5.72. The van der Waals surface area contributed by atoms with Gasteiger partial charge in [-0.3, -0.25) is 9.69 Å². The van der Waals surface area contributed by atoms with E-state index >= 15 is 0 Å². The topological polar surface area (TPSA) is 40.5 Å². The largest absolute Gasteiger partial charge is 0.351 e. The van der Waals surface area contributed by atoms with Gasteiger partial charge in [-0.25, -0.2) is 0 Å². The van der Waals surface area contributed by atoms with Gasteiger partial charge < -0.3 is 14.8 Å². The maximum absolute atomic E-state index is 11.9. The monoisotopic (exact) mass is 478 g/mol. The van der Waals surface area contributed by atoms with Gasteiger partial charge >= 0.3 is 0 Å². The molecule has 0 atom stereocenters. The number of aromatic nitrogens is 1. The Morgan fingerprint density at radius 1 is 0.943 bits per heavy atom. The van der Waals surface area contributed by atoms with Crippen molar-refractivity contribution in [1.82, 2.24) is 19.7 Å². The number of hydrogen-bond acceptors (Lipinski definition) is 3. The molecule has 0 bridgehead atoms. The van der Waals surface area contributed by atoms with Crippen LogP contribution in [0.25, 0.3) is 10.9 Å². The average Bonchev–Trinajstić information content (AvgIpc) is 3.49. The zero-order chi connectivity index (χ0) is 24.4. The van der Waals surface area contributed by atoms with Gasteiger partial charge in [-0.15, -0.1) is 0 Å².